The Balaban J connectivity index is 1.46. The zero-order chi connectivity index (χ0) is 28.2. The summed E-state index contributed by atoms with van der Waals surface area (Å²) in [7, 11) is -4.20. The summed E-state index contributed by atoms with van der Waals surface area (Å²) in [6.45, 7) is 5.77. The maximum Gasteiger partial charge on any atom is 0.333 e. The Morgan fingerprint density at radius 1 is 1.31 bits per heavy atom. The van der Waals surface area contributed by atoms with E-state index in [-0.39, 0.29) is 23.5 Å². The number of aliphatic hydroxyl groups is 2. The number of aliphatic hydroxyl groups excluding tert-OH is 2. The normalized spacial score (nSPS) is 21.3. The Labute approximate surface area is 226 Å². The number of benzene rings is 1. The Morgan fingerprint density at radius 2 is 2.10 bits per heavy atom. The lowest BCUT2D eigenvalue weighted by Gasteiger charge is -2.19. The number of aromatic nitrogens is 4. The standard InChI is InChI=1S/C26H30N6O6S/c1-3-4-5-18-7-6-17(10-16(18)2)13-32-9-8-21(31-32)24(34)20-12-28-15-29-26(20)30-22-11-19(23(33)25(22)35)14-38-39(27,36)37/h3-10,12,15,19,22-23,25,33,35H,1,11,13-14H2,2H3,(H2,27,36,37)(H,28,29,30)/b5-4-/t19-,22-,23-,25+/m1/s1. The van der Waals surface area contributed by atoms with Gasteiger partial charge in [-0.1, -0.05) is 43.0 Å². The molecule has 0 saturated heterocycles. The van der Waals surface area contributed by atoms with Crippen LogP contribution in [0.15, 0.2) is 61.7 Å². The van der Waals surface area contributed by atoms with Crippen LogP contribution < -0.4 is 10.5 Å². The fraction of sp³-hybridized carbons (Fsp3) is 0.308. The van der Waals surface area contributed by atoms with Crippen molar-refractivity contribution in [2.45, 2.75) is 38.1 Å². The van der Waals surface area contributed by atoms with E-state index in [0.717, 1.165) is 16.7 Å². The number of nitrogens with zero attached hydrogens (tertiary/aromatic N) is 4. The first-order valence-electron chi connectivity index (χ1n) is 12.1. The second kappa shape index (κ2) is 12.0. The molecule has 2 heterocycles. The SMILES string of the molecule is C=C/C=C\c1ccc(Cn2ccc(C(=O)c3cncnc3N[C@@H]3C[C@H](COS(N)(=O)=O)[C@@H](O)[C@H]3O)n2)cc1C. The number of nitrogens with one attached hydrogen (secondary N) is 1. The molecule has 39 heavy (non-hydrogen) atoms. The molecule has 1 aliphatic carbocycles. The third-order valence-corrected chi connectivity index (χ3v) is 6.96. The molecule has 0 unspecified atom stereocenters. The average molecular weight is 555 g/mol. The van der Waals surface area contributed by atoms with E-state index in [4.69, 9.17) is 5.14 Å². The highest BCUT2D eigenvalue weighted by atomic mass is 32.2. The monoisotopic (exact) mass is 554 g/mol. The van der Waals surface area contributed by atoms with Gasteiger partial charge in [-0.3, -0.25) is 13.7 Å². The van der Waals surface area contributed by atoms with Crippen LogP contribution >= 0.6 is 0 Å². The quantitative estimate of drug-likeness (QED) is 0.198. The number of ketones is 1. The molecule has 12 nitrogen and oxygen atoms in total. The van der Waals surface area contributed by atoms with Gasteiger partial charge in [0.05, 0.1) is 30.9 Å². The molecular weight excluding hydrogens is 524 g/mol. The van der Waals surface area contributed by atoms with Gasteiger partial charge in [0.1, 0.15) is 23.9 Å². The molecule has 0 bridgehead atoms. The molecule has 1 aromatic carbocycles. The number of hydrogen-bond donors (Lipinski definition) is 4. The molecule has 206 valence electrons. The van der Waals surface area contributed by atoms with Crippen molar-refractivity contribution in [1.29, 1.82) is 0 Å². The number of aryl methyl sites for hydroxylation is 1. The smallest absolute Gasteiger partial charge is 0.333 e. The molecule has 0 radical (unpaired) electrons. The fourth-order valence-electron chi connectivity index (χ4n) is 4.49. The Morgan fingerprint density at radius 3 is 2.82 bits per heavy atom. The average Bonchev–Trinajstić information content (AvgIpc) is 3.46. The molecule has 1 fully saturated rings. The van der Waals surface area contributed by atoms with Gasteiger partial charge >= 0.3 is 10.3 Å². The van der Waals surface area contributed by atoms with Crippen LogP contribution in [-0.2, 0) is 21.0 Å². The topological polar surface area (TPSA) is 183 Å². The third kappa shape index (κ3) is 7.02. The van der Waals surface area contributed by atoms with Crippen LogP contribution in [0.1, 0.15) is 39.2 Å². The Bertz CT molecular complexity index is 1490. The minimum Gasteiger partial charge on any atom is -0.390 e. The van der Waals surface area contributed by atoms with Crippen molar-refractivity contribution in [1.82, 2.24) is 19.7 Å². The van der Waals surface area contributed by atoms with E-state index < -0.39 is 46.9 Å². The molecule has 0 spiro atoms. The van der Waals surface area contributed by atoms with Crippen LogP contribution in [0.5, 0.6) is 0 Å². The molecule has 1 saturated carbocycles. The zero-order valence-electron chi connectivity index (χ0n) is 21.2. The molecule has 1 aliphatic rings. The minimum absolute atomic E-state index is 0.128. The van der Waals surface area contributed by atoms with Crippen LogP contribution in [0.25, 0.3) is 6.08 Å². The predicted molar refractivity (Wildman–Crippen MR) is 144 cm³/mol. The second-order valence-corrected chi connectivity index (χ2v) is 10.5. The summed E-state index contributed by atoms with van der Waals surface area (Å²) < 4.78 is 28.4. The summed E-state index contributed by atoms with van der Waals surface area (Å²) in [5, 5.41) is 33.1. The van der Waals surface area contributed by atoms with Crippen molar-refractivity contribution < 1.29 is 27.6 Å². The largest absolute Gasteiger partial charge is 0.390 e. The maximum absolute atomic E-state index is 13.3. The molecule has 4 rings (SSSR count). The summed E-state index contributed by atoms with van der Waals surface area (Å²) in [6.07, 6.45) is 7.48. The lowest BCUT2D eigenvalue weighted by Crippen LogP contribution is -2.36. The van der Waals surface area contributed by atoms with Gasteiger partial charge in [-0.25, -0.2) is 15.1 Å². The van der Waals surface area contributed by atoms with Crippen molar-refractivity contribution in [2.24, 2.45) is 11.1 Å². The molecule has 0 amide bonds. The van der Waals surface area contributed by atoms with Gasteiger partial charge in [-0.05, 0) is 36.1 Å². The van der Waals surface area contributed by atoms with Crippen LogP contribution in [0.4, 0.5) is 5.82 Å². The highest BCUT2D eigenvalue weighted by molar-refractivity contribution is 7.84. The molecule has 2 aromatic heterocycles. The second-order valence-electron chi connectivity index (χ2n) is 9.30. The first kappa shape index (κ1) is 28.3. The van der Waals surface area contributed by atoms with Crippen molar-refractivity contribution in [2.75, 3.05) is 11.9 Å². The number of allylic oxidation sites excluding steroid dienone is 2. The van der Waals surface area contributed by atoms with Crippen LogP contribution in [0.2, 0.25) is 0 Å². The van der Waals surface area contributed by atoms with Gasteiger partial charge in [-0.2, -0.15) is 13.5 Å². The number of rotatable bonds is 11. The van der Waals surface area contributed by atoms with E-state index in [1.54, 1.807) is 23.0 Å². The van der Waals surface area contributed by atoms with E-state index in [1.165, 1.54) is 12.5 Å². The van der Waals surface area contributed by atoms with Gasteiger partial charge < -0.3 is 15.5 Å². The van der Waals surface area contributed by atoms with Gasteiger partial charge in [0.2, 0.25) is 5.78 Å². The van der Waals surface area contributed by atoms with Crippen molar-refractivity contribution >= 4 is 28.0 Å². The highest BCUT2D eigenvalue weighted by Gasteiger charge is 2.42. The number of hydrogen-bond acceptors (Lipinski definition) is 10. The van der Waals surface area contributed by atoms with Crippen LogP contribution in [-0.4, -0.2) is 69.0 Å². The van der Waals surface area contributed by atoms with Gasteiger partial charge in [0, 0.05) is 18.3 Å². The summed E-state index contributed by atoms with van der Waals surface area (Å²) in [6, 6.07) is 6.93. The summed E-state index contributed by atoms with van der Waals surface area (Å²) in [4.78, 5) is 21.4. The lowest BCUT2D eigenvalue weighted by molar-refractivity contribution is 0.00778. The van der Waals surface area contributed by atoms with Crippen molar-refractivity contribution in [3.63, 3.8) is 0 Å². The summed E-state index contributed by atoms with van der Waals surface area (Å²) in [5.41, 5.74) is 3.51. The number of carbonyl (C=O) groups is 1. The van der Waals surface area contributed by atoms with Crippen molar-refractivity contribution in [3.05, 3.63) is 89.7 Å². The molecular formula is C26H30N6O6S. The van der Waals surface area contributed by atoms with Gasteiger partial charge in [-0.15, -0.1) is 0 Å². The van der Waals surface area contributed by atoms with E-state index in [1.807, 2.05) is 31.2 Å². The molecule has 5 N–H and O–H groups in total. The Kier molecular flexibility index (Phi) is 8.67. The number of anilines is 1. The van der Waals surface area contributed by atoms with Gasteiger partial charge in [0.15, 0.2) is 0 Å². The fourth-order valence-corrected chi connectivity index (χ4v) is 4.86. The van der Waals surface area contributed by atoms with Crippen LogP contribution in [0, 0.1) is 12.8 Å². The minimum atomic E-state index is -4.20. The molecule has 13 heteroatoms. The van der Waals surface area contributed by atoms with Gasteiger partial charge in [0.25, 0.3) is 0 Å². The maximum atomic E-state index is 13.3. The molecule has 4 atom stereocenters. The van der Waals surface area contributed by atoms with E-state index in [9.17, 15) is 23.4 Å². The first-order valence-corrected chi connectivity index (χ1v) is 13.6. The Hall–Kier alpha value is -3.75. The lowest BCUT2D eigenvalue weighted by atomic mass is 10.0. The third-order valence-electron chi connectivity index (χ3n) is 6.49. The first-order chi connectivity index (χ1) is 18.6. The number of carbonyl (C=O) groups excluding carboxylic acids is 1. The number of nitrogens with two attached hydrogens (primary N) is 1. The van der Waals surface area contributed by atoms with Crippen molar-refractivity contribution in [3.8, 4) is 0 Å². The summed E-state index contributed by atoms with van der Waals surface area (Å²) in [5.74, 6) is -0.990. The highest BCUT2D eigenvalue weighted by Crippen LogP contribution is 2.30. The molecule has 0 aliphatic heterocycles. The van der Waals surface area contributed by atoms with Crippen LogP contribution in [0.3, 0.4) is 0 Å². The molecule has 3 aromatic rings. The van der Waals surface area contributed by atoms with E-state index in [2.05, 4.69) is 37.2 Å². The van der Waals surface area contributed by atoms with E-state index in [0.29, 0.717) is 6.54 Å². The summed E-state index contributed by atoms with van der Waals surface area (Å²) >= 11 is 0. The predicted octanol–water partition coefficient (Wildman–Crippen LogP) is 1.20. The zero-order valence-corrected chi connectivity index (χ0v) is 22.0. The van der Waals surface area contributed by atoms with E-state index >= 15 is 0 Å².